The summed E-state index contributed by atoms with van der Waals surface area (Å²) in [5, 5.41) is 24.8. The number of imidazole rings is 1. The second kappa shape index (κ2) is 9.69. The summed E-state index contributed by atoms with van der Waals surface area (Å²) in [6.07, 6.45) is -1.56. The third kappa shape index (κ3) is 5.10. The van der Waals surface area contributed by atoms with Crippen molar-refractivity contribution >= 4 is 30.7 Å². The van der Waals surface area contributed by atoms with Gasteiger partial charge in [-0.15, -0.1) is 0 Å². The minimum atomic E-state index is -3.86. The number of aliphatic hydroxyl groups excluding tert-OH is 1. The van der Waals surface area contributed by atoms with Crippen LogP contribution in [0.2, 0.25) is 0 Å². The van der Waals surface area contributed by atoms with Gasteiger partial charge in [-0.3, -0.25) is 9.09 Å². The number of aromatic nitrogens is 4. The summed E-state index contributed by atoms with van der Waals surface area (Å²) in [6, 6.07) is 8.42. The van der Waals surface area contributed by atoms with Crippen LogP contribution in [0, 0.1) is 0 Å². The summed E-state index contributed by atoms with van der Waals surface area (Å²) in [6.45, 7) is 4.83. The van der Waals surface area contributed by atoms with E-state index in [1.54, 1.807) is 30.3 Å². The lowest BCUT2D eigenvalue weighted by molar-refractivity contribution is -0.0948. The van der Waals surface area contributed by atoms with Crippen molar-refractivity contribution < 1.29 is 28.6 Å². The Labute approximate surface area is 202 Å². The van der Waals surface area contributed by atoms with Crippen LogP contribution in [0.1, 0.15) is 33.4 Å². The van der Waals surface area contributed by atoms with E-state index in [1.165, 1.54) is 17.8 Å². The van der Waals surface area contributed by atoms with Crippen LogP contribution in [0.5, 0.6) is 5.75 Å². The topological polar surface area (TPSA) is 193 Å². The van der Waals surface area contributed by atoms with Crippen LogP contribution in [0.3, 0.4) is 0 Å². The van der Waals surface area contributed by atoms with Gasteiger partial charge in [0.15, 0.2) is 17.7 Å². The maximum atomic E-state index is 13.5. The maximum absolute atomic E-state index is 13.5. The lowest BCUT2D eigenvalue weighted by Crippen LogP contribution is -2.44. The van der Waals surface area contributed by atoms with Crippen molar-refractivity contribution in [3.63, 3.8) is 0 Å². The highest BCUT2D eigenvalue weighted by Gasteiger charge is 2.54. The van der Waals surface area contributed by atoms with Crippen LogP contribution in [0.15, 0.2) is 36.7 Å². The molecule has 4 rings (SSSR count). The summed E-state index contributed by atoms with van der Waals surface area (Å²) in [5.74, 6) is 0.341. The summed E-state index contributed by atoms with van der Waals surface area (Å²) >= 11 is 0. The van der Waals surface area contributed by atoms with Crippen LogP contribution < -0.4 is 21.1 Å². The highest BCUT2D eigenvalue weighted by Crippen LogP contribution is 2.47. The molecule has 2 unspecified atom stereocenters. The number of benzene rings is 1. The van der Waals surface area contributed by atoms with Crippen molar-refractivity contribution in [3.05, 3.63) is 36.7 Å². The molecule has 190 valence electrons. The van der Waals surface area contributed by atoms with Crippen molar-refractivity contribution in [2.75, 3.05) is 18.1 Å². The fourth-order valence-corrected chi connectivity index (χ4v) is 5.39. The average Bonchev–Trinajstić information content (AvgIpc) is 3.31. The van der Waals surface area contributed by atoms with Gasteiger partial charge >= 0.3 is 7.75 Å². The highest BCUT2D eigenvalue weighted by atomic mass is 31.2. The number of anilines is 2. The minimum Gasteiger partial charge on any atom is -0.413 e. The van der Waals surface area contributed by atoms with E-state index in [9.17, 15) is 14.8 Å². The Bertz CT molecular complexity index is 1220. The third-order valence-electron chi connectivity index (χ3n) is 5.84. The molecule has 0 bridgehead atoms. The molecule has 2 aromatic heterocycles. The number of aliphatic hydroxyl groups is 2. The molecule has 3 aromatic rings. The molecule has 35 heavy (non-hydrogen) atoms. The first-order chi connectivity index (χ1) is 16.5. The Morgan fingerprint density at radius 3 is 2.71 bits per heavy atom. The first kappa shape index (κ1) is 25.3. The number of hydrogen-bond donors (Lipinski definition) is 5. The molecular weight excluding hydrogens is 477 g/mol. The zero-order chi connectivity index (χ0) is 25.4. The van der Waals surface area contributed by atoms with Gasteiger partial charge in [-0.1, -0.05) is 25.1 Å². The molecule has 3 heterocycles. The van der Waals surface area contributed by atoms with Crippen LogP contribution in [-0.4, -0.2) is 60.2 Å². The number of para-hydroxylation sites is 1. The van der Waals surface area contributed by atoms with Gasteiger partial charge in [-0.25, -0.2) is 14.6 Å². The van der Waals surface area contributed by atoms with Crippen LogP contribution in [0.25, 0.3) is 11.2 Å². The molecular formula is C21H30N7O6P. The molecule has 1 fully saturated rings. The molecule has 0 radical (unpaired) electrons. The number of nitrogens with two attached hydrogens (primary N) is 2. The molecule has 14 heteroatoms. The van der Waals surface area contributed by atoms with Crippen molar-refractivity contribution in [1.82, 2.24) is 24.6 Å². The Kier molecular flexibility index (Phi) is 7.00. The number of nitrogens with one attached hydrogen (secondary N) is 1. The second-order valence-electron chi connectivity index (χ2n) is 8.62. The van der Waals surface area contributed by atoms with Gasteiger partial charge in [0.2, 0.25) is 5.95 Å². The van der Waals surface area contributed by atoms with Gasteiger partial charge in [0.1, 0.15) is 29.1 Å². The quantitative estimate of drug-likeness (QED) is 0.263. The molecule has 1 aliphatic rings. The van der Waals surface area contributed by atoms with E-state index in [1.807, 2.05) is 13.8 Å². The summed E-state index contributed by atoms with van der Waals surface area (Å²) in [7, 11) is -3.86. The molecule has 1 aromatic carbocycles. The Hall–Kier alpha value is -2.80. The molecule has 0 spiro atoms. The number of fused-ring (bicyclic) bond motifs is 1. The van der Waals surface area contributed by atoms with Gasteiger partial charge in [0.05, 0.1) is 12.9 Å². The smallest absolute Gasteiger partial charge is 0.413 e. The monoisotopic (exact) mass is 507 g/mol. The van der Waals surface area contributed by atoms with E-state index in [2.05, 4.69) is 20.0 Å². The molecule has 0 amide bonds. The third-order valence-corrected chi connectivity index (χ3v) is 7.54. The summed E-state index contributed by atoms with van der Waals surface area (Å²) < 4.78 is 32.2. The number of rotatable bonds is 9. The zero-order valence-corrected chi connectivity index (χ0v) is 20.5. The first-order valence-electron chi connectivity index (χ1n) is 11.1. The normalized spacial score (nSPS) is 27.1. The lowest BCUT2D eigenvalue weighted by atomic mass is 9.96. The van der Waals surface area contributed by atoms with E-state index in [4.69, 9.17) is 25.3 Å². The number of ether oxygens (including phenoxy) is 1. The molecule has 7 N–H and O–H groups in total. The molecule has 13 nitrogen and oxygen atoms in total. The van der Waals surface area contributed by atoms with Gasteiger partial charge in [0, 0.05) is 6.04 Å². The van der Waals surface area contributed by atoms with Crippen LogP contribution in [-0.2, 0) is 13.8 Å². The van der Waals surface area contributed by atoms with Crippen molar-refractivity contribution in [2.24, 2.45) is 0 Å². The predicted molar refractivity (Wildman–Crippen MR) is 128 cm³/mol. The molecule has 1 saturated heterocycles. The van der Waals surface area contributed by atoms with E-state index in [-0.39, 0.29) is 35.6 Å². The van der Waals surface area contributed by atoms with Crippen LogP contribution in [0.4, 0.5) is 11.8 Å². The van der Waals surface area contributed by atoms with Crippen molar-refractivity contribution in [2.45, 2.75) is 57.3 Å². The largest absolute Gasteiger partial charge is 0.459 e. The van der Waals surface area contributed by atoms with Gasteiger partial charge in [-0.05, 0) is 32.4 Å². The van der Waals surface area contributed by atoms with Gasteiger partial charge in [0.25, 0.3) is 0 Å². The summed E-state index contributed by atoms with van der Waals surface area (Å²) in [4.78, 5) is 12.2. The molecule has 0 aliphatic carbocycles. The van der Waals surface area contributed by atoms with E-state index < -0.39 is 31.8 Å². The summed E-state index contributed by atoms with van der Waals surface area (Å²) in [5.41, 5.74) is 10.3. The van der Waals surface area contributed by atoms with Crippen molar-refractivity contribution in [3.8, 4) is 5.75 Å². The van der Waals surface area contributed by atoms with Gasteiger partial charge < -0.3 is 30.9 Å². The molecule has 6 atom stereocenters. The van der Waals surface area contributed by atoms with E-state index in [0.717, 1.165) is 0 Å². The standard InChI is InChI=1S/C21H30N7O6P/c1-4-12(2)27-35(31,34-13-8-6-5-7-9-13)32-10-14-16(29)21(3,30)19(33-14)28-11-24-15-17(22)25-20(23)26-18(15)28/h5-9,11-12,14,16,19,29-30H,4,10H2,1-3H3,(H,27,31)(H4,22,23,25,26)/t12-,14+,16?,19+,21+,35?/m0/s1. The Balaban J connectivity index is 1.56. The first-order valence-corrected chi connectivity index (χ1v) is 12.7. The zero-order valence-electron chi connectivity index (χ0n) is 19.6. The fourth-order valence-electron chi connectivity index (χ4n) is 3.75. The van der Waals surface area contributed by atoms with Crippen LogP contribution >= 0.6 is 7.75 Å². The predicted octanol–water partition coefficient (Wildman–Crippen LogP) is 1.59. The van der Waals surface area contributed by atoms with E-state index >= 15 is 0 Å². The number of hydrogen-bond acceptors (Lipinski definition) is 11. The van der Waals surface area contributed by atoms with Gasteiger partial charge in [-0.2, -0.15) is 9.97 Å². The second-order valence-corrected chi connectivity index (χ2v) is 10.3. The molecule has 0 saturated carbocycles. The van der Waals surface area contributed by atoms with E-state index in [0.29, 0.717) is 12.2 Å². The Morgan fingerprint density at radius 1 is 1.31 bits per heavy atom. The number of nitrogen functional groups attached to an aromatic ring is 2. The Morgan fingerprint density at radius 2 is 2.03 bits per heavy atom. The minimum absolute atomic E-state index is 0.0689. The average molecular weight is 507 g/mol. The lowest BCUT2D eigenvalue weighted by Gasteiger charge is -2.27. The maximum Gasteiger partial charge on any atom is 0.459 e. The van der Waals surface area contributed by atoms with Crippen molar-refractivity contribution in [1.29, 1.82) is 0 Å². The number of nitrogens with zero attached hydrogens (tertiary/aromatic N) is 4. The fraction of sp³-hybridized carbons (Fsp3) is 0.476. The highest BCUT2D eigenvalue weighted by molar-refractivity contribution is 7.52. The SMILES string of the molecule is CC[C@H](C)NP(=O)(OC[C@H]1O[C@@H](n2cnc3c(N)nc(N)nc32)[C@](C)(O)C1O)Oc1ccccc1. The molecule has 1 aliphatic heterocycles.